The van der Waals surface area contributed by atoms with Crippen molar-refractivity contribution in [2.75, 3.05) is 36.4 Å². The molecular formula is C19H22N8O. The molecule has 1 aliphatic rings. The van der Waals surface area contributed by atoms with Gasteiger partial charge in [0.05, 0.1) is 6.54 Å². The van der Waals surface area contributed by atoms with Gasteiger partial charge in [-0.25, -0.2) is 24.4 Å². The molecule has 9 heteroatoms. The van der Waals surface area contributed by atoms with Crippen LogP contribution in [0.3, 0.4) is 0 Å². The van der Waals surface area contributed by atoms with Crippen molar-refractivity contribution < 1.29 is 4.79 Å². The van der Waals surface area contributed by atoms with Gasteiger partial charge < -0.3 is 15.1 Å². The van der Waals surface area contributed by atoms with Crippen molar-refractivity contribution in [3.8, 4) is 0 Å². The number of anilines is 2. The van der Waals surface area contributed by atoms with Crippen molar-refractivity contribution in [2.45, 2.75) is 13.0 Å². The predicted octanol–water partition coefficient (Wildman–Crippen LogP) is 1.86. The molecule has 0 atom stereocenters. The monoisotopic (exact) mass is 378 g/mol. The van der Waals surface area contributed by atoms with Gasteiger partial charge in [-0.15, -0.1) is 0 Å². The van der Waals surface area contributed by atoms with Crippen LogP contribution in [-0.4, -0.2) is 61.8 Å². The lowest BCUT2D eigenvalue weighted by Gasteiger charge is -2.22. The third-order valence-corrected chi connectivity index (χ3v) is 4.61. The quantitative estimate of drug-likeness (QED) is 0.745. The summed E-state index contributed by atoms with van der Waals surface area (Å²) in [4.78, 5) is 29.2. The van der Waals surface area contributed by atoms with Crippen LogP contribution in [0.4, 0.5) is 16.4 Å². The first-order chi connectivity index (χ1) is 13.8. The lowest BCUT2D eigenvalue weighted by Crippen LogP contribution is -2.38. The van der Waals surface area contributed by atoms with Gasteiger partial charge in [0.25, 0.3) is 0 Å². The summed E-state index contributed by atoms with van der Waals surface area (Å²) in [5, 5.41) is 7.12. The minimum Gasteiger partial charge on any atom is -0.339 e. The average molecular weight is 378 g/mol. The molecule has 9 nitrogen and oxygen atoms in total. The molecule has 0 spiro atoms. The van der Waals surface area contributed by atoms with Crippen LogP contribution in [0.5, 0.6) is 0 Å². The van der Waals surface area contributed by atoms with Gasteiger partial charge in [-0.3, -0.25) is 0 Å². The second kappa shape index (κ2) is 8.47. The van der Waals surface area contributed by atoms with Gasteiger partial charge >= 0.3 is 6.03 Å². The van der Waals surface area contributed by atoms with Crippen LogP contribution in [0.25, 0.3) is 0 Å². The van der Waals surface area contributed by atoms with Gasteiger partial charge in [-0.05, 0) is 30.2 Å². The van der Waals surface area contributed by atoms with Gasteiger partial charge in [-0.1, -0.05) is 12.1 Å². The number of amides is 2. The highest BCUT2D eigenvalue weighted by Gasteiger charge is 2.20. The minimum atomic E-state index is -0.0891. The van der Waals surface area contributed by atoms with E-state index in [1.54, 1.807) is 29.5 Å². The Labute approximate surface area is 163 Å². The summed E-state index contributed by atoms with van der Waals surface area (Å²) >= 11 is 0. The number of hydrogen-bond donors (Lipinski definition) is 1. The number of urea groups is 1. The molecule has 1 saturated heterocycles. The molecule has 2 aromatic heterocycles. The first kappa shape index (κ1) is 17.9. The zero-order valence-electron chi connectivity index (χ0n) is 15.5. The van der Waals surface area contributed by atoms with E-state index in [2.05, 4.69) is 30.3 Å². The third-order valence-electron chi connectivity index (χ3n) is 4.61. The van der Waals surface area contributed by atoms with Crippen LogP contribution in [0.1, 0.15) is 12.0 Å². The summed E-state index contributed by atoms with van der Waals surface area (Å²) in [6.07, 6.45) is 7.53. The Kier molecular flexibility index (Phi) is 5.41. The zero-order chi connectivity index (χ0) is 19.2. The summed E-state index contributed by atoms with van der Waals surface area (Å²) in [5.74, 6) is 0.713. The van der Waals surface area contributed by atoms with E-state index in [1.165, 1.54) is 6.33 Å². The molecule has 4 rings (SSSR count). The number of rotatable bonds is 4. The highest BCUT2D eigenvalue weighted by Crippen LogP contribution is 2.14. The Balaban J connectivity index is 1.36. The lowest BCUT2D eigenvalue weighted by atomic mass is 10.2. The Hall–Kier alpha value is -3.49. The normalized spacial score (nSPS) is 14.6. The smallest absolute Gasteiger partial charge is 0.321 e. The minimum absolute atomic E-state index is 0.0891. The summed E-state index contributed by atoms with van der Waals surface area (Å²) in [7, 11) is 0. The summed E-state index contributed by atoms with van der Waals surface area (Å²) in [6.45, 7) is 3.49. The first-order valence-electron chi connectivity index (χ1n) is 9.27. The average Bonchev–Trinajstić information content (AvgIpc) is 3.10. The predicted molar refractivity (Wildman–Crippen MR) is 105 cm³/mol. The second-order valence-electron chi connectivity index (χ2n) is 6.60. The highest BCUT2D eigenvalue weighted by atomic mass is 16.2. The van der Waals surface area contributed by atoms with E-state index in [9.17, 15) is 4.79 Å². The van der Waals surface area contributed by atoms with E-state index in [0.29, 0.717) is 32.1 Å². The van der Waals surface area contributed by atoms with Crippen LogP contribution < -0.4 is 10.2 Å². The Bertz CT molecular complexity index is 899. The molecule has 1 fully saturated rings. The van der Waals surface area contributed by atoms with E-state index in [1.807, 2.05) is 29.2 Å². The molecule has 0 radical (unpaired) electrons. The van der Waals surface area contributed by atoms with Crippen LogP contribution in [0.2, 0.25) is 0 Å². The number of nitrogens with zero attached hydrogens (tertiary/aromatic N) is 7. The molecule has 0 aliphatic carbocycles. The molecule has 1 aromatic carbocycles. The molecule has 1 aliphatic heterocycles. The summed E-state index contributed by atoms with van der Waals surface area (Å²) in [6, 6.07) is 9.50. The molecule has 144 valence electrons. The third kappa shape index (κ3) is 4.43. The largest absolute Gasteiger partial charge is 0.339 e. The molecule has 3 aromatic rings. The van der Waals surface area contributed by atoms with E-state index >= 15 is 0 Å². The van der Waals surface area contributed by atoms with Crippen molar-refractivity contribution in [1.29, 1.82) is 0 Å². The van der Waals surface area contributed by atoms with Crippen LogP contribution in [0.15, 0.2) is 55.4 Å². The van der Waals surface area contributed by atoms with Crippen molar-refractivity contribution in [3.63, 3.8) is 0 Å². The number of benzene rings is 1. The van der Waals surface area contributed by atoms with Crippen molar-refractivity contribution in [3.05, 3.63) is 60.9 Å². The maximum atomic E-state index is 12.7. The molecule has 28 heavy (non-hydrogen) atoms. The topological polar surface area (TPSA) is 92.1 Å². The second-order valence-corrected chi connectivity index (χ2v) is 6.60. The molecular weight excluding hydrogens is 356 g/mol. The van der Waals surface area contributed by atoms with Crippen molar-refractivity contribution in [1.82, 2.24) is 29.6 Å². The van der Waals surface area contributed by atoms with Gasteiger partial charge in [0, 0.05) is 44.3 Å². The fraction of sp³-hybridized carbons (Fsp3) is 0.316. The summed E-state index contributed by atoms with van der Waals surface area (Å²) < 4.78 is 1.75. The maximum Gasteiger partial charge on any atom is 0.321 e. The molecule has 1 N–H and O–H groups in total. The van der Waals surface area contributed by atoms with Gasteiger partial charge in [0.1, 0.15) is 12.7 Å². The zero-order valence-corrected chi connectivity index (χ0v) is 15.5. The van der Waals surface area contributed by atoms with Crippen LogP contribution >= 0.6 is 0 Å². The van der Waals surface area contributed by atoms with Crippen LogP contribution in [0, 0.1) is 0 Å². The first-order valence-corrected chi connectivity index (χ1v) is 9.27. The fourth-order valence-electron chi connectivity index (χ4n) is 3.23. The molecule has 3 heterocycles. The highest BCUT2D eigenvalue weighted by molar-refractivity contribution is 5.89. The van der Waals surface area contributed by atoms with Gasteiger partial charge in [0.15, 0.2) is 0 Å². The number of aromatic nitrogens is 5. The van der Waals surface area contributed by atoms with Gasteiger partial charge in [0.2, 0.25) is 5.95 Å². The van der Waals surface area contributed by atoms with Crippen molar-refractivity contribution >= 4 is 17.7 Å². The van der Waals surface area contributed by atoms with E-state index in [0.717, 1.165) is 24.2 Å². The Morgan fingerprint density at radius 3 is 2.79 bits per heavy atom. The van der Waals surface area contributed by atoms with E-state index in [4.69, 9.17) is 0 Å². The van der Waals surface area contributed by atoms with E-state index in [-0.39, 0.29) is 6.03 Å². The Morgan fingerprint density at radius 1 is 1.07 bits per heavy atom. The SMILES string of the molecule is O=C(Nc1cccc(Cn2cncn2)c1)N1CCCN(c2ncccn2)CC1. The molecule has 0 bridgehead atoms. The number of carbonyl (C=O) groups excluding carboxylic acids is 1. The molecule has 0 unspecified atom stereocenters. The van der Waals surface area contributed by atoms with Gasteiger partial charge in [-0.2, -0.15) is 5.10 Å². The number of nitrogens with one attached hydrogen (secondary N) is 1. The fourth-order valence-corrected chi connectivity index (χ4v) is 3.23. The lowest BCUT2D eigenvalue weighted by molar-refractivity contribution is 0.215. The molecule has 2 amide bonds. The van der Waals surface area contributed by atoms with Crippen LogP contribution in [-0.2, 0) is 6.54 Å². The summed E-state index contributed by atoms with van der Waals surface area (Å²) in [5.41, 5.74) is 1.82. The number of carbonyl (C=O) groups is 1. The Morgan fingerprint density at radius 2 is 1.96 bits per heavy atom. The standard InChI is InChI=1S/C19H22N8O/c28-19(24-17-5-1-4-16(12-17)13-27-15-20-14-23-27)26-9-3-8-25(10-11-26)18-21-6-2-7-22-18/h1-2,4-7,12,14-15H,3,8-11,13H2,(H,24,28). The van der Waals surface area contributed by atoms with Crippen molar-refractivity contribution in [2.24, 2.45) is 0 Å². The van der Waals surface area contributed by atoms with E-state index < -0.39 is 0 Å². The molecule has 0 saturated carbocycles. The maximum absolute atomic E-state index is 12.7. The number of hydrogen-bond acceptors (Lipinski definition) is 6.